The molecule has 1 amide bonds. The minimum atomic E-state index is -2.55. The Morgan fingerprint density at radius 3 is 1.77 bits per heavy atom. The van der Waals surface area contributed by atoms with Crippen molar-refractivity contribution in [2.75, 3.05) is 0 Å². The predicted octanol–water partition coefficient (Wildman–Crippen LogP) is 2.12. The molecule has 2 heterocycles. The highest BCUT2D eigenvalue weighted by atomic mass is 79.9. The number of aromatic nitrogens is 2. The SMILES string of the molecule is CC(C)(C)OC(=O)N1C(Br)=c2[nH]cnc2=NC1(C(=O)OC(C)(C)C)C(=O)OC(C)(C)C. The minimum absolute atomic E-state index is 0.0287. The van der Waals surface area contributed by atoms with Gasteiger partial charge in [0.2, 0.25) is 0 Å². The van der Waals surface area contributed by atoms with Gasteiger partial charge in [0.25, 0.3) is 0 Å². The van der Waals surface area contributed by atoms with Crippen LogP contribution in [0.4, 0.5) is 4.79 Å². The highest BCUT2D eigenvalue weighted by Gasteiger charge is 2.61. The van der Waals surface area contributed by atoms with Crippen molar-refractivity contribution in [1.82, 2.24) is 14.9 Å². The molecule has 1 aromatic heterocycles. The average Bonchev–Trinajstić information content (AvgIpc) is 2.97. The lowest BCUT2D eigenvalue weighted by atomic mass is 10.1. The van der Waals surface area contributed by atoms with Crippen molar-refractivity contribution >= 4 is 38.6 Å². The van der Waals surface area contributed by atoms with Gasteiger partial charge in [0.15, 0.2) is 5.49 Å². The second kappa shape index (κ2) is 7.92. The Morgan fingerprint density at radius 2 is 1.35 bits per heavy atom. The molecule has 0 bridgehead atoms. The molecular formula is C20H29BrN4O6. The van der Waals surface area contributed by atoms with Crippen LogP contribution in [0.3, 0.4) is 0 Å². The first-order chi connectivity index (χ1) is 13.9. The molecule has 1 aliphatic heterocycles. The molecule has 0 aliphatic carbocycles. The zero-order valence-corrected chi connectivity index (χ0v) is 20.8. The van der Waals surface area contributed by atoms with E-state index < -0.39 is 40.5 Å². The maximum Gasteiger partial charge on any atom is 0.418 e. The average molecular weight is 501 g/mol. The van der Waals surface area contributed by atoms with Crippen LogP contribution in [-0.4, -0.2) is 55.4 Å². The number of nitrogens with zero attached hydrogens (tertiary/aromatic N) is 3. The Balaban J connectivity index is 2.83. The number of rotatable bonds is 2. The number of fused-ring (bicyclic) bond motifs is 1. The number of H-pyrrole nitrogens is 1. The van der Waals surface area contributed by atoms with Crippen LogP contribution in [0.25, 0.3) is 4.61 Å². The standard InChI is InChI=1S/C20H29BrN4O6/c1-17(2,3)29-14(26)20(15(27)30-18(4,5)6)24-13-11(22-10-23-13)12(21)25(20)16(28)31-19(7,8)9/h10H,1-9H3,(H,22,23,24). The van der Waals surface area contributed by atoms with E-state index in [-0.39, 0.29) is 15.4 Å². The number of carbonyl (C=O) groups is 3. The number of imidazole rings is 1. The van der Waals surface area contributed by atoms with Gasteiger partial charge in [0.05, 0.1) is 6.33 Å². The Labute approximate surface area is 189 Å². The summed E-state index contributed by atoms with van der Waals surface area (Å²) in [7, 11) is 0. The van der Waals surface area contributed by atoms with Gasteiger partial charge in [-0.3, -0.25) is 0 Å². The molecule has 0 aromatic carbocycles. The van der Waals surface area contributed by atoms with Gasteiger partial charge in [-0.2, -0.15) is 0 Å². The molecule has 31 heavy (non-hydrogen) atoms. The molecule has 11 heteroatoms. The molecule has 1 aromatic rings. The number of aromatic amines is 1. The lowest BCUT2D eigenvalue weighted by Crippen LogP contribution is -2.67. The number of nitrogens with one attached hydrogen (secondary N) is 1. The van der Waals surface area contributed by atoms with Gasteiger partial charge < -0.3 is 19.2 Å². The third-order valence-corrected chi connectivity index (χ3v) is 4.31. The van der Waals surface area contributed by atoms with E-state index in [0.717, 1.165) is 4.90 Å². The normalized spacial score (nSPS) is 16.2. The number of amides is 1. The summed E-state index contributed by atoms with van der Waals surface area (Å²) in [6.07, 6.45) is 0.322. The highest BCUT2D eigenvalue weighted by Crippen LogP contribution is 2.34. The molecule has 0 saturated carbocycles. The lowest BCUT2D eigenvalue weighted by Gasteiger charge is -2.40. The van der Waals surface area contributed by atoms with Crippen LogP contribution in [0, 0.1) is 0 Å². The molecular weight excluding hydrogens is 472 g/mol. The summed E-state index contributed by atoms with van der Waals surface area (Å²) in [5, 5.41) is 0.286. The van der Waals surface area contributed by atoms with Crippen molar-refractivity contribution in [3.63, 3.8) is 0 Å². The van der Waals surface area contributed by atoms with Crippen LogP contribution in [0.2, 0.25) is 0 Å². The summed E-state index contributed by atoms with van der Waals surface area (Å²) < 4.78 is 16.5. The molecule has 0 unspecified atom stereocenters. The van der Waals surface area contributed by atoms with Gasteiger partial charge in [0.1, 0.15) is 26.8 Å². The van der Waals surface area contributed by atoms with Crippen LogP contribution in [0.5, 0.6) is 0 Å². The fourth-order valence-corrected chi connectivity index (χ4v) is 3.25. The van der Waals surface area contributed by atoms with E-state index in [1.807, 2.05) is 0 Å². The van der Waals surface area contributed by atoms with Gasteiger partial charge in [-0.15, -0.1) is 0 Å². The fraction of sp³-hybridized carbons (Fsp3) is 0.650. The van der Waals surface area contributed by atoms with E-state index in [1.165, 1.54) is 6.33 Å². The van der Waals surface area contributed by atoms with Crippen molar-refractivity contribution in [2.45, 2.75) is 84.8 Å². The summed E-state index contributed by atoms with van der Waals surface area (Å²) in [6.45, 7) is 14.8. The molecule has 0 atom stereocenters. The molecule has 2 rings (SSSR count). The van der Waals surface area contributed by atoms with E-state index in [0.29, 0.717) is 0 Å². The predicted molar refractivity (Wildman–Crippen MR) is 114 cm³/mol. The van der Waals surface area contributed by atoms with E-state index >= 15 is 0 Å². The quantitative estimate of drug-likeness (QED) is 0.285. The highest BCUT2D eigenvalue weighted by molar-refractivity contribution is 9.14. The van der Waals surface area contributed by atoms with Gasteiger partial charge in [-0.1, -0.05) is 0 Å². The number of esters is 2. The van der Waals surface area contributed by atoms with Crippen LogP contribution in [0.15, 0.2) is 11.3 Å². The topological polar surface area (TPSA) is 123 Å². The Kier molecular flexibility index (Phi) is 6.35. The van der Waals surface area contributed by atoms with Gasteiger partial charge >= 0.3 is 23.7 Å². The van der Waals surface area contributed by atoms with E-state index in [9.17, 15) is 14.4 Å². The van der Waals surface area contributed by atoms with E-state index in [4.69, 9.17) is 14.2 Å². The number of hydrogen-bond donors (Lipinski definition) is 1. The summed E-state index contributed by atoms with van der Waals surface area (Å²) in [5.41, 5.74) is -5.42. The largest absolute Gasteiger partial charge is 0.456 e. The Hall–Kier alpha value is -2.43. The molecule has 0 saturated heterocycles. The van der Waals surface area contributed by atoms with E-state index in [2.05, 4.69) is 30.9 Å². The summed E-state index contributed by atoms with van der Waals surface area (Å²) in [4.78, 5) is 52.2. The molecule has 0 radical (unpaired) electrons. The number of hydrogen-bond acceptors (Lipinski definition) is 8. The van der Waals surface area contributed by atoms with Gasteiger partial charge in [-0.05, 0) is 78.2 Å². The molecule has 10 nitrogen and oxygen atoms in total. The number of ether oxygens (including phenoxy) is 3. The third-order valence-electron chi connectivity index (χ3n) is 3.56. The van der Waals surface area contributed by atoms with Crippen LogP contribution < -0.4 is 10.8 Å². The molecule has 0 spiro atoms. The van der Waals surface area contributed by atoms with Gasteiger partial charge in [0, 0.05) is 0 Å². The van der Waals surface area contributed by atoms with Crippen LogP contribution in [-0.2, 0) is 23.8 Å². The zero-order valence-electron chi connectivity index (χ0n) is 19.2. The first kappa shape index (κ1) is 24.8. The maximum atomic E-state index is 13.5. The number of halogens is 1. The second-order valence-electron chi connectivity index (χ2n) is 10.00. The molecule has 0 fully saturated rings. The Morgan fingerprint density at radius 1 is 0.903 bits per heavy atom. The summed E-state index contributed by atoms with van der Waals surface area (Å²) in [5.74, 6) is -2.21. The van der Waals surface area contributed by atoms with Crippen LogP contribution >= 0.6 is 15.9 Å². The van der Waals surface area contributed by atoms with Crippen molar-refractivity contribution in [3.8, 4) is 0 Å². The second-order valence-corrected chi connectivity index (χ2v) is 10.7. The monoisotopic (exact) mass is 500 g/mol. The van der Waals surface area contributed by atoms with E-state index in [1.54, 1.807) is 62.3 Å². The first-order valence-electron chi connectivity index (χ1n) is 9.66. The summed E-state index contributed by atoms with van der Waals surface area (Å²) >= 11 is 3.31. The lowest BCUT2D eigenvalue weighted by molar-refractivity contribution is -0.184. The fourth-order valence-electron chi connectivity index (χ4n) is 2.56. The van der Waals surface area contributed by atoms with Crippen molar-refractivity contribution in [1.29, 1.82) is 0 Å². The zero-order chi connectivity index (χ0) is 24.0. The summed E-state index contributed by atoms with van der Waals surface area (Å²) in [6, 6.07) is 0. The molecule has 1 N–H and O–H groups in total. The van der Waals surface area contributed by atoms with Crippen LogP contribution in [0.1, 0.15) is 62.3 Å². The van der Waals surface area contributed by atoms with Crippen molar-refractivity contribution < 1.29 is 28.6 Å². The molecule has 1 aliphatic rings. The first-order valence-corrected chi connectivity index (χ1v) is 10.5. The van der Waals surface area contributed by atoms with Crippen molar-refractivity contribution in [2.24, 2.45) is 4.99 Å². The molecule has 172 valence electrons. The van der Waals surface area contributed by atoms with Gasteiger partial charge in [-0.25, -0.2) is 29.3 Å². The minimum Gasteiger partial charge on any atom is -0.456 e. The third kappa shape index (κ3) is 5.44. The maximum absolute atomic E-state index is 13.5. The number of carbonyl (C=O) groups excluding carboxylic acids is 3. The Bertz CT molecular complexity index is 982. The van der Waals surface area contributed by atoms with Crippen molar-refractivity contribution in [3.05, 3.63) is 17.2 Å². The smallest absolute Gasteiger partial charge is 0.418 e.